The van der Waals surface area contributed by atoms with Crippen molar-refractivity contribution >= 4 is 27.5 Å². The Morgan fingerprint density at radius 1 is 0.805 bits per heavy atom. The molecular formula is C35H36BrClO4. The lowest BCUT2D eigenvalue weighted by Gasteiger charge is -2.46. The molecule has 1 fully saturated rings. The predicted octanol–water partition coefficient (Wildman–Crippen LogP) is 9.06. The van der Waals surface area contributed by atoms with Crippen LogP contribution in [0.5, 0.6) is 5.75 Å². The molecule has 4 aromatic carbocycles. The van der Waals surface area contributed by atoms with Crippen LogP contribution in [0.15, 0.2) is 102 Å². The molecule has 0 aromatic heterocycles. The van der Waals surface area contributed by atoms with Crippen LogP contribution in [0.3, 0.4) is 0 Å². The van der Waals surface area contributed by atoms with E-state index in [-0.39, 0.29) is 23.9 Å². The Hall–Kier alpha value is -2.67. The molecule has 0 aliphatic carbocycles. The van der Waals surface area contributed by atoms with Gasteiger partial charge in [-0.2, -0.15) is 0 Å². The van der Waals surface area contributed by atoms with Crippen LogP contribution < -0.4 is 0 Å². The number of ether oxygens (including phenoxy) is 3. The highest BCUT2D eigenvalue weighted by atomic mass is 79.9. The number of aromatic hydroxyl groups is 1. The second kappa shape index (κ2) is 14.0. The first-order valence-corrected chi connectivity index (χ1v) is 15.3. The van der Waals surface area contributed by atoms with Crippen molar-refractivity contribution in [2.24, 2.45) is 5.92 Å². The second-order valence-electron chi connectivity index (χ2n) is 10.6. The summed E-state index contributed by atoms with van der Waals surface area (Å²) in [5.74, 6) is 0.0955. The van der Waals surface area contributed by atoms with Crippen LogP contribution in [0.2, 0.25) is 5.02 Å². The van der Waals surface area contributed by atoms with E-state index in [4.69, 9.17) is 25.8 Å². The molecule has 1 aliphatic heterocycles. The van der Waals surface area contributed by atoms with E-state index in [0.717, 1.165) is 34.2 Å². The molecule has 214 valence electrons. The maximum atomic E-state index is 11.2. The van der Waals surface area contributed by atoms with Crippen molar-refractivity contribution < 1.29 is 19.3 Å². The van der Waals surface area contributed by atoms with E-state index in [1.54, 1.807) is 0 Å². The van der Waals surface area contributed by atoms with Gasteiger partial charge in [0.05, 0.1) is 34.9 Å². The van der Waals surface area contributed by atoms with Crippen molar-refractivity contribution in [2.45, 2.75) is 64.3 Å². The van der Waals surface area contributed by atoms with Gasteiger partial charge in [0, 0.05) is 11.5 Å². The number of phenolic OH excluding ortho intramolecular Hbond substituents is 1. The van der Waals surface area contributed by atoms with Crippen molar-refractivity contribution in [1.29, 1.82) is 0 Å². The summed E-state index contributed by atoms with van der Waals surface area (Å²) in [6, 6.07) is 32.5. The molecule has 6 heteroatoms. The molecule has 1 saturated heterocycles. The SMILES string of the molecule is CC[C@H]1O[C@@H](c2cc(Cc3ccccc3)c(Cl)c(O)c2Br)[C@H](OCc2ccccc2)[C@@H](OCc2ccccc2)[C@@H]1C. The number of halogens is 2. The van der Waals surface area contributed by atoms with Crippen LogP contribution >= 0.6 is 27.5 Å². The monoisotopic (exact) mass is 634 g/mol. The third-order valence-corrected chi connectivity index (χ3v) is 9.10. The molecule has 41 heavy (non-hydrogen) atoms. The molecule has 4 aromatic rings. The Bertz CT molecular complexity index is 1400. The van der Waals surface area contributed by atoms with Gasteiger partial charge in [-0.3, -0.25) is 0 Å². The van der Waals surface area contributed by atoms with Crippen LogP contribution in [0.1, 0.15) is 54.2 Å². The van der Waals surface area contributed by atoms with Gasteiger partial charge < -0.3 is 19.3 Å². The van der Waals surface area contributed by atoms with Crippen LogP contribution in [0.4, 0.5) is 0 Å². The first-order chi connectivity index (χ1) is 20.0. The topological polar surface area (TPSA) is 47.9 Å². The van der Waals surface area contributed by atoms with Gasteiger partial charge in [-0.05, 0) is 57.1 Å². The third kappa shape index (κ3) is 7.04. The fourth-order valence-corrected chi connectivity index (χ4v) is 6.47. The second-order valence-corrected chi connectivity index (χ2v) is 11.8. The number of hydrogen-bond acceptors (Lipinski definition) is 4. The van der Waals surface area contributed by atoms with Crippen LogP contribution in [0, 0.1) is 5.92 Å². The number of rotatable bonds is 10. The molecule has 1 N–H and O–H groups in total. The molecule has 5 atom stereocenters. The first-order valence-electron chi connectivity index (χ1n) is 14.2. The van der Waals surface area contributed by atoms with Crippen molar-refractivity contribution in [3.63, 3.8) is 0 Å². The maximum absolute atomic E-state index is 11.2. The Morgan fingerprint density at radius 2 is 1.32 bits per heavy atom. The Kier molecular flexibility index (Phi) is 10.2. The van der Waals surface area contributed by atoms with Gasteiger partial charge in [0.15, 0.2) is 0 Å². The van der Waals surface area contributed by atoms with E-state index in [1.807, 2.05) is 60.7 Å². The van der Waals surface area contributed by atoms with Crippen molar-refractivity contribution in [3.05, 3.63) is 134 Å². The lowest BCUT2D eigenvalue weighted by atomic mass is 9.83. The van der Waals surface area contributed by atoms with Gasteiger partial charge >= 0.3 is 0 Å². The summed E-state index contributed by atoms with van der Waals surface area (Å²) < 4.78 is 20.7. The number of benzene rings is 4. The molecule has 0 bridgehead atoms. The van der Waals surface area contributed by atoms with Gasteiger partial charge in [-0.15, -0.1) is 0 Å². The highest BCUT2D eigenvalue weighted by molar-refractivity contribution is 9.10. The largest absolute Gasteiger partial charge is 0.505 e. The summed E-state index contributed by atoms with van der Waals surface area (Å²) in [7, 11) is 0. The standard InChI is InChI=1S/C35H36BrClO4/c1-3-29-23(2)33(39-21-25-15-9-5-10-16-25)35(40-22-26-17-11-6-12-18-26)34(41-29)28-20-27(31(37)32(38)30(28)36)19-24-13-7-4-8-14-24/h4-18,20,23,29,33-35,38H,3,19,21-22H2,1-2H3/t23-,29-,33+,34+,35-/m1/s1. The molecular weight excluding hydrogens is 600 g/mol. The zero-order valence-corrected chi connectivity index (χ0v) is 25.7. The molecule has 0 amide bonds. The molecule has 0 radical (unpaired) electrons. The van der Waals surface area contributed by atoms with Crippen molar-refractivity contribution in [3.8, 4) is 5.75 Å². The van der Waals surface area contributed by atoms with E-state index >= 15 is 0 Å². The number of phenols is 1. The smallest absolute Gasteiger partial charge is 0.149 e. The summed E-state index contributed by atoms with van der Waals surface area (Å²) >= 11 is 10.3. The zero-order valence-electron chi connectivity index (χ0n) is 23.4. The summed E-state index contributed by atoms with van der Waals surface area (Å²) in [6.07, 6.45) is 0.176. The van der Waals surface area contributed by atoms with Gasteiger partial charge in [-0.1, -0.05) is 116 Å². The van der Waals surface area contributed by atoms with E-state index in [0.29, 0.717) is 29.1 Å². The van der Waals surface area contributed by atoms with E-state index in [1.165, 1.54) is 0 Å². The molecule has 0 unspecified atom stereocenters. The van der Waals surface area contributed by atoms with Gasteiger partial charge in [-0.25, -0.2) is 0 Å². The average Bonchev–Trinajstić information content (AvgIpc) is 3.01. The number of hydrogen-bond donors (Lipinski definition) is 1. The Morgan fingerprint density at radius 3 is 1.85 bits per heavy atom. The van der Waals surface area contributed by atoms with E-state index in [9.17, 15) is 5.11 Å². The first kappa shape index (κ1) is 29.8. The zero-order chi connectivity index (χ0) is 28.8. The molecule has 5 rings (SSSR count). The minimum absolute atomic E-state index is 0.00827. The molecule has 1 heterocycles. The Balaban J connectivity index is 1.53. The summed E-state index contributed by atoms with van der Waals surface area (Å²) in [4.78, 5) is 0. The summed E-state index contributed by atoms with van der Waals surface area (Å²) in [5.41, 5.74) is 4.91. The summed E-state index contributed by atoms with van der Waals surface area (Å²) in [6.45, 7) is 5.19. The molecule has 1 aliphatic rings. The van der Waals surface area contributed by atoms with Crippen molar-refractivity contribution in [2.75, 3.05) is 0 Å². The van der Waals surface area contributed by atoms with Gasteiger partial charge in [0.2, 0.25) is 0 Å². The Labute approximate surface area is 256 Å². The third-order valence-electron chi connectivity index (χ3n) is 7.85. The van der Waals surface area contributed by atoms with Gasteiger partial charge in [0.1, 0.15) is 18.0 Å². The molecule has 0 spiro atoms. The predicted molar refractivity (Wildman–Crippen MR) is 167 cm³/mol. The highest BCUT2D eigenvalue weighted by Gasteiger charge is 2.46. The fourth-order valence-electron chi connectivity index (χ4n) is 5.60. The fraction of sp³-hybridized carbons (Fsp3) is 0.314. The quantitative estimate of drug-likeness (QED) is 0.189. The van der Waals surface area contributed by atoms with Gasteiger partial charge in [0.25, 0.3) is 0 Å². The average molecular weight is 636 g/mol. The van der Waals surface area contributed by atoms with Crippen molar-refractivity contribution in [1.82, 2.24) is 0 Å². The van der Waals surface area contributed by atoms with Crippen LogP contribution in [-0.4, -0.2) is 23.4 Å². The normalized spacial score (nSPS) is 22.5. The highest BCUT2D eigenvalue weighted by Crippen LogP contribution is 2.47. The van der Waals surface area contributed by atoms with Crippen LogP contribution in [-0.2, 0) is 33.8 Å². The minimum atomic E-state index is -0.493. The lowest BCUT2D eigenvalue weighted by Crippen LogP contribution is -2.51. The van der Waals surface area contributed by atoms with E-state index in [2.05, 4.69) is 66.2 Å². The molecule has 0 saturated carbocycles. The van der Waals surface area contributed by atoms with Crippen LogP contribution in [0.25, 0.3) is 0 Å². The minimum Gasteiger partial charge on any atom is -0.505 e. The molecule has 4 nitrogen and oxygen atoms in total. The summed E-state index contributed by atoms with van der Waals surface area (Å²) in [5, 5.41) is 11.5. The maximum Gasteiger partial charge on any atom is 0.149 e. The van der Waals surface area contributed by atoms with E-state index < -0.39 is 12.2 Å². The lowest BCUT2D eigenvalue weighted by molar-refractivity contribution is -0.235.